The van der Waals surface area contributed by atoms with E-state index in [0.717, 1.165) is 19.4 Å². The van der Waals surface area contributed by atoms with Crippen molar-refractivity contribution in [3.05, 3.63) is 0 Å². The number of nitrogens with one attached hydrogen (secondary N) is 1. The summed E-state index contributed by atoms with van der Waals surface area (Å²) in [6, 6.07) is -0.261. The maximum absolute atomic E-state index is 11.9. The Kier molecular flexibility index (Phi) is 4.08. The zero-order valence-corrected chi connectivity index (χ0v) is 9.19. The molecule has 1 heterocycles. The van der Waals surface area contributed by atoms with Crippen molar-refractivity contribution in [2.24, 2.45) is 0 Å². The van der Waals surface area contributed by atoms with Crippen molar-refractivity contribution in [1.82, 2.24) is 10.2 Å². The largest absolute Gasteiger partial charge is 0.480 e. The summed E-state index contributed by atoms with van der Waals surface area (Å²) >= 11 is 0. The number of nitrogens with zero attached hydrogens (tertiary/aromatic N) is 1. The second-order valence-electron chi connectivity index (χ2n) is 4.10. The van der Waals surface area contributed by atoms with E-state index in [0.29, 0.717) is 0 Å². The van der Waals surface area contributed by atoms with E-state index in [1.807, 2.05) is 13.8 Å². The number of hydrogen-bond donors (Lipinski definition) is 2. The Balaban J connectivity index is 2.61. The highest BCUT2D eigenvalue weighted by Gasteiger charge is 2.29. The smallest absolute Gasteiger partial charge is 0.323 e. The van der Waals surface area contributed by atoms with Crippen LogP contribution in [0.4, 0.5) is 0 Å². The van der Waals surface area contributed by atoms with Gasteiger partial charge in [-0.15, -0.1) is 0 Å². The summed E-state index contributed by atoms with van der Waals surface area (Å²) in [5, 5.41) is 11.8. The summed E-state index contributed by atoms with van der Waals surface area (Å²) in [4.78, 5) is 23.9. The number of rotatable bonds is 4. The van der Waals surface area contributed by atoms with Gasteiger partial charge in [-0.05, 0) is 33.2 Å². The van der Waals surface area contributed by atoms with E-state index in [1.165, 1.54) is 4.90 Å². The van der Waals surface area contributed by atoms with Crippen LogP contribution in [0.25, 0.3) is 0 Å². The van der Waals surface area contributed by atoms with Gasteiger partial charge in [-0.25, -0.2) is 0 Å². The number of aliphatic carboxylic acids is 1. The van der Waals surface area contributed by atoms with Gasteiger partial charge in [-0.1, -0.05) is 0 Å². The molecule has 86 valence electrons. The van der Waals surface area contributed by atoms with Gasteiger partial charge < -0.3 is 15.3 Å². The first-order valence-electron chi connectivity index (χ1n) is 5.28. The molecule has 1 aliphatic heterocycles. The minimum Gasteiger partial charge on any atom is -0.480 e. The third-order valence-corrected chi connectivity index (χ3v) is 2.57. The van der Waals surface area contributed by atoms with Gasteiger partial charge in [0.15, 0.2) is 0 Å². The average molecular weight is 214 g/mol. The third kappa shape index (κ3) is 3.20. The molecule has 0 aromatic heterocycles. The van der Waals surface area contributed by atoms with Gasteiger partial charge in [0.2, 0.25) is 5.91 Å². The molecule has 0 aliphatic carbocycles. The van der Waals surface area contributed by atoms with E-state index < -0.39 is 5.97 Å². The Bertz CT molecular complexity index is 247. The lowest BCUT2D eigenvalue weighted by molar-refractivity contribution is -0.146. The van der Waals surface area contributed by atoms with Crippen LogP contribution < -0.4 is 5.32 Å². The number of carbonyl (C=O) groups is 2. The van der Waals surface area contributed by atoms with Crippen molar-refractivity contribution in [1.29, 1.82) is 0 Å². The van der Waals surface area contributed by atoms with Gasteiger partial charge in [0.05, 0.1) is 6.04 Å². The lowest BCUT2D eigenvalue weighted by Crippen LogP contribution is -2.48. The summed E-state index contributed by atoms with van der Waals surface area (Å²) in [6.07, 6.45) is 1.79. The highest BCUT2D eigenvalue weighted by molar-refractivity contribution is 5.85. The van der Waals surface area contributed by atoms with Crippen LogP contribution in [0, 0.1) is 0 Å². The predicted molar refractivity (Wildman–Crippen MR) is 55.5 cm³/mol. The highest BCUT2D eigenvalue weighted by Crippen LogP contribution is 2.10. The van der Waals surface area contributed by atoms with Gasteiger partial charge in [-0.3, -0.25) is 9.59 Å². The van der Waals surface area contributed by atoms with Crippen LogP contribution >= 0.6 is 0 Å². The van der Waals surface area contributed by atoms with Crippen LogP contribution in [-0.2, 0) is 9.59 Å². The molecule has 1 atom stereocenters. The first-order chi connectivity index (χ1) is 7.02. The third-order valence-electron chi connectivity index (χ3n) is 2.57. The Labute approximate surface area is 89.4 Å². The van der Waals surface area contributed by atoms with Crippen LogP contribution in [0.1, 0.15) is 26.7 Å². The summed E-state index contributed by atoms with van der Waals surface area (Å²) in [7, 11) is 0. The molecule has 0 aromatic rings. The van der Waals surface area contributed by atoms with Crippen molar-refractivity contribution in [3.8, 4) is 0 Å². The topological polar surface area (TPSA) is 69.6 Å². The zero-order chi connectivity index (χ0) is 11.4. The quantitative estimate of drug-likeness (QED) is 0.694. The monoisotopic (exact) mass is 214 g/mol. The van der Waals surface area contributed by atoms with Crippen LogP contribution in [-0.4, -0.2) is 47.1 Å². The number of carboxylic acids is 1. The van der Waals surface area contributed by atoms with Crippen molar-refractivity contribution < 1.29 is 14.7 Å². The highest BCUT2D eigenvalue weighted by atomic mass is 16.4. The van der Waals surface area contributed by atoms with Crippen LogP contribution in [0.2, 0.25) is 0 Å². The minimum absolute atomic E-state index is 0.0731. The number of carbonyl (C=O) groups excluding carboxylic acids is 1. The fourth-order valence-corrected chi connectivity index (χ4v) is 1.76. The number of amides is 1. The molecule has 5 nitrogen and oxygen atoms in total. The zero-order valence-electron chi connectivity index (χ0n) is 9.19. The lowest BCUT2D eigenvalue weighted by Gasteiger charge is -2.27. The SMILES string of the molecule is CC(C)N(CC(=O)O)C(=O)[C@@H]1CCCN1. The molecule has 1 aliphatic rings. The van der Waals surface area contributed by atoms with Gasteiger partial charge >= 0.3 is 5.97 Å². The van der Waals surface area contributed by atoms with Crippen LogP contribution in [0.15, 0.2) is 0 Å². The Morgan fingerprint density at radius 2 is 2.20 bits per heavy atom. The molecule has 1 saturated heterocycles. The van der Waals surface area contributed by atoms with E-state index in [2.05, 4.69) is 5.32 Å². The van der Waals surface area contributed by atoms with Crippen molar-refractivity contribution >= 4 is 11.9 Å². The Morgan fingerprint density at radius 1 is 1.53 bits per heavy atom. The minimum atomic E-state index is -0.963. The molecule has 1 amide bonds. The second-order valence-corrected chi connectivity index (χ2v) is 4.10. The first kappa shape index (κ1) is 12.0. The molecular formula is C10H18N2O3. The molecule has 0 radical (unpaired) electrons. The van der Waals surface area contributed by atoms with Crippen LogP contribution in [0.3, 0.4) is 0 Å². The molecule has 0 bridgehead atoms. The van der Waals surface area contributed by atoms with Gasteiger partial charge in [0.1, 0.15) is 6.54 Å². The predicted octanol–water partition coefficient (Wildman–Crippen LogP) is 0.0600. The summed E-state index contributed by atoms with van der Waals surface area (Å²) in [5.74, 6) is -1.06. The van der Waals surface area contributed by atoms with E-state index >= 15 is 0 Å². The van der Waals surface area contributed by atoms with E-state index in [-0.39, 0.29) is 24.5 Å². The van der Waals surface area contributed by atoms with Crippen LogP contribution in [0.5, 0.6) is 0 Å². The average Bonchev–Trinajstić information content (AvgIpc) is 2.65. The molecular weight excluding hydrogens is 196 g/mol. The summed E-state index contributed by atoms with van der Waals surface area (Å²) in [5.41, 5.74) is 0. The maximum Gasteiger partial charge on any atom is 0.323 e. The molecule has 1 fully saturated rings. The molecule has 1 rings (SSSR count). The summed E-state index contributed by atoms with van der Waals surface area (Å²) < 4.78 is 0. The van der Waals surface area contributed by atoms with Crippen molar-refractivity contribution in [2.45, 2.75) is 38.8 Å². The van der Waals surface area contributed by atoms with Crippen molar-refractivity contribution in [2.75, 3.05) is 13.1 Å². The standard InChI is InChI=1S/C10H18N2O3/c1-7(2)12(6-9(13)14)10(15)8-4-3-5-11-8/h7-8,11H,3-6H2,1-2H3,(H,13,14)/t8-/m0/s1. The van der Waals surface area contributed by atoms with E-state index in [1.54, 1.807) is 0 Å². The van der Waals surface area contributed by atoms with E-state index in [4.69, 9.17) is 5.11 Å². The molecule has 15 heavy (non-hydrogen) atoms. The second kappa shape index (κ2) is 5.11. The summed E-state index contributed by atoms with van der Waals surface area (Å²) in [6.45, 7) is 4.29. The molecule has 0 saturated carbocycles. The number of carboxylic acid groups (broad SMARTS) is 1. The van der Waals surface area contributed by atoms with Gasteiger partial charge in [-0.2, -0.15) is 0 Å². The fourth-order valence-electron chi connectivity index (χ4n) is 1.76. The van der Waals surface area contributed by atoms with Gasteiger partial charge in [0.25, 0.3) is 0 Å². The lowest BCUT2D eigenvalue weighted by atomic mass is 10.2. The maximum atomic E-state index is 11.9. The fraction of sp³-hybridized carbons (Fsp3) is 0.800. The molecule has 5 heteroatoms. The molecule has 0 spiro atoms. The van der Waals surface area contributed by atoms with Crippen molar-refractivity contribution in [3.63, 3.8) is 0 Å². The molecule has 0 aromatic carbocycles. The molecule has 0 unspecified atom stereocenters. The van der Waals surface area contributed by atoms with Gasteiger partial charge in [0, 0.05) is 6.04 Å². The number of hydrogen-bond acceptors (Lipinski definition) is 3. The first-order valence-corrected chi connectivity index (χ1v) is 5.28. The molecule has 2 N–H and O–H groups in total. The van der Waals surface area contributed by atoms with E-state index in [9.17, 15) is 9.59 Å². The Morgan fingerprint density at radius 3 is 2.60 bits per heavy atom. The Hall–Kier alpha value is -1.10. The normalized spacial score (nSPS) is 20.6.